The van der Waals surface area contributed by atoms with Crippen molar-refractivity contribution >= 4 is 5.97 Å². The van der Waals surface area contributed by atoms with Crippen LogP contribution in [0.25, 0.3) is 0 Å². The molecule has 2 heterocycles. The maximum Gasteiger partial charge on any atom is 0.341 e. The highest BCUT2D eigenvalue weighted by atomic mass is 16.6. The highest BCUT2D eigenvalue weighted by Gasteiger charge is 2.48. The Morgan fingerprint density at radius 1 is 1.67 bits per heavy atom. The van der Waals surface area contributed by atoms with E-state index in [0.29, 0.717) is 18.5 Å². The third-order valence-corrected chi connectivity index (χ3v) is 4.67. The molecule has 0 aromatic heterocycles. The van der Waals surface area contributed by atoms with Crippen LogP contribution >= 0.6 is 0 Å². The van der Waals surface area contributed by atoms with Gasteiger partial charge in [0.15, 0.2) is 5.60 Å². The maximum atomic E-state index is 12.4. The number of nitrogens with zero attached hydrogens (tertiary/aromatic N) is 1. The summed E-state index contributed by atoms with van der Waals surface area (Å²) in [5.74, 6) is -0.913. The van der Waals surface area contributed by atoms with Gasteiger partial charge in [0.25, 0.3) is 0 Å². The van der Waals surface area contributed by atoms with Gasteiger partial charge in [-0.1, -0.05) is 6.92 Å². The fourth-order valence-corrected chi connectivity index (χ4v) is 3.14. The van der Waals surface area contributed by atoms with Crippen LogP contribution in [0, 0.1) is 5.21 Å². The van der Waals surface area contributed by atoms with Gasteiger partial charge in [-0.15, -0.1) is 0 Å². The Labute approximate surface area is 123 Å². The van der Waals surface area contributed by atoms with Crippen LogP contribution in [-0.2, 0) is 9.53 Å². The van der Waals surface area contributed by atoms with Crippen molar-refractivity contribution in [2.75, 3.05) is 19.7 Å². The van der Waals surface area contributed by atoms with Crippen molar-refractivity contribution in [3.8, 4) is 0 Å². The number of carbonyl (C=O) groups excluding carboxylic acids is 1. The molecular formula is C14H23NO6. The number of carbonyl (C=O) groups is 1. The monoisotopic (exact) mass is 301 g/mol. The van der Waals surface area contributed by atoms with Gasteiger partial charge in [-0.2, -0.15) is 0 Å². The van der Waals surface area contributed by atoms with Gasteiger partial charge in [0.2, 0.25) is 0 Å². The Morgan fingerprint density at radius 3 is 2.90 bits per heavy atom. The molecule has 120 valence electrons. The van der Waals surface area contributed by atoms with Gasteiger partial charge in [0, 0.05) is 12.0 Å². The average Bonchev–Trinajstić information content (AvgIpc) is 2.92. The van der Waals surface area contributed by atoms with Gasteiger partial charge < -0.3 is 29.9 Å². The summed E-state index contributed by atoms with van der Waals surface area (Å²) in [6.45, 7) is 3.37. The predicted octanol–water partition coefficient (Wildman–Crippen LogP) is -0.561. The third-order valence-electron chi connectivity index (χ3n) is 4.67. The molecule has 1 unspecified atom stereocenters. The molecule has 0 bridgehead atoms. The second kappa shape index (κ2) is 5.66. The smallest absolute Gasteiger partial charge is 0.341 e. The van der Waals surface area contributed by atoms with E-state index < -0.39 is 34.5 Å². The molecule has 1 fully saturated rings. The van der Waals surface area contributed by atoms with Crippen molar-refractivity contribution < 1.29 is 29.5 Å². The van der Waals surface area contributed by atoms with E-state index in [0.717, 1.165) is 0 Å². The molecular weight excluding hydrogens is 278 g/mol. The van der Waals surface area contributed by atoms with Crippen molar-refractivity contribution in [1.82, 2.24) is 0 Å². The largest absolute Gasteiger partial charge is 0.632 e. The molecule has 21 heavy (non-hydrogen) atoms. The highest BCUT2D eigenvalue weighted by Crippen LogP contribution is 2.36. The van der Waals surface area contributed by atoms with Crippen molar-refractivity contribution in [3.05, 3.63) is 16.9 Å². The molecule has 0 aromatic carbocycles. The zero-order valence-corrected chi connectivity index (χ0v) is 12.4. The SMILES string of the molecule is CC[C@@](O)(C(=O)OCC1=CC[N+]2([O-])CC[C@@H](O)[C@@H]12)[C@H](C)O. The lowest BCUT2D eigenvalue weighted by atomic mass is 9.95. The predicted molar refractivity (Wildman–Crippen MR) is 73.7 cm³/mol. The van der Waals surface area contributed by atoms with Gasteiger partial charge in [0.05, 0.1) is 19.2 Å². The minimum atomic E-state index is -1.95. The standard InChI is InChI=1S/C14H23NO6/c1-3-14(19,9(2)16)13(18)21-8-10-4-6-15(20)7-5-11(17)12(10)15/h4,9,11-12,16-17,19H,3,5-8H2,1-2H3/t9-,11+,12+,14-,15?/m0/s1. The number of rotatable bonds is 5. The van der Waals surface area contributed by atoms with E-state index in [4.69, 9.17) is 4.74 Å². The van der Waals surface area contributed by atoms with Crippen molar-refractivity contribution in [2.45, 2.75) is 50.5 Å². The fourth-order valence-electron chi connectivity index (χ4n) is 3.14. The number of esters is 1. The summed E-state index contributed by atoms with van der Waals surface area (Å²) in [6, 6.07) is -0.584. The number of hydroxylamine groups is 3. The lowest BCUT2D eigenvalue weighted by Crippen LogP contribution is -2.49. The molecule has 7 heteroatoms. The number of ether oxygens (including phenoxy) is 1. The Balaban J connectivity index is 1.99. The third kappa shape index (κ3) is 2.72. The molecule has 0 spiro atoms. The molecule has 0 radical (unpaired) electrons. The molecule has 5 atom stereocenters. The van der Waals surface area contributed by atoms with Crippen LogP contribution in [0.15, 0.2) is 11.6 Å². The summed E-state index contributed by atoms with van der Waals surface area (Å²) in [5.41, 5.74) is -1.36. The topological polar surface area (TPSA) is 110 Å². The number of quaternary nitrogens is 1. The number of aliphatic hydroxyl groups is 3. The molecule has 7 nitrogen and oxygen atoms in total. The molecule has 0 aliphatic carbocycles. The van der Waals surface area contributed by atoms with Crippen LogP contribution in [0.1, 0.15) is 26.7 Å². The van der Waals surface area contributed by atoms with Crippen LogP contribution in [0.4, 0.5) is 0 Å². The van der Waals surface area contributed by atoms with Gasteiger partial charge in [0.1, 0.15) is 18.8 Å². The van der Waals surface area contributed by atoms with Gasteiger partial charge in [-0.3, -0.25) is 0 Å². The molecule has 3 N–H and O–H groups in total. The molecule has 1 saturated heterocycles. The molecule has 2 aliphatic heterocycles. The molecule has 2 rings (SSSR count). The maximum absolute atomic E-state index is 12.4. The molecule has 2 aliphatic rings. The fraction of sp³-hybridized carbons (Fsp3) is 0.786. The lowest BCUT2D eigenvalue weighted by Gasteiger charge is -2.40. The Hall–Kier alpha value is -0.990. The van der Waals surface area contributed by atoms with E-state index in [-0.39, 0.29) is 19.6 Å². The summed E-state index contributed by atoms with van der Waals surface area (Å²) in [4.78, 5) is 11.9. The number of hydrogen-bond acceptors (Lipinski definition) is 6. The van der Waals surface area contributed by atoms with Crippen LogP contribution in [-0.4, -0.2) is 69.5 Å². The van der Waals surface area contributed by atoms with Crippen molar-refractivity contribution in [2.24, 2.45) is 0 Å². The van der Waals surface area contributed by atoms with Gasteiger partial charge >= 0.3 is 5.97 Å². The van der Waals surface area contributed by atoms with E-state index in [1.807, 2.05) is 0 Å². The first-order chi connectivity index (χ1) is 9.74. The summed E-state index contributed by atoms with van der Waals surface area (Å²) >= 11 is 0. The Bertz CT molecular complexity index is 451. The van der Waals surface area contributed by atoms with E-state index in [9.17, 15) is 25.3 Å². The lowest BCUT2D eigenvalue weighted by molar-refractivity contribution is -0.877. The normalized spacial score (nSPS) is 35.8. The zero-order chi connectivity index (χ0) is 15.8. The Kier molecular flexibility index (Phi) is 4.41. The first-order valence-electron chi connectivity index (χ1n) is 7.27. The van der Waals surface area contributed by atoms with Crippen LogP contribution in [0.3, 0.4) is 0 Å². The minimum Gasteiger partial charge on any atom is -0.632 e. The Morgan fingerprint density at radius 2 is 2.33 bits per heavy atom. The van der Waals surface area contributed by atoms with Crippen LogP contribution < -0.4 is 0 Å². The summed E-state index contributed by atoms with van der Waals surface area (Å²) in [6.07, 6.45) is 0.180. The van der Waals surface area contributed by atoms with Crippen molar-refractivity contribution in [3.63, 3.8) is 0 Å². The van der Waals surface area contributed by atoms with Crippen molar-refractivity contribution in [1.29, 1.82) is 0 Å². The van der Waals surface area contributed by atoms with Gasteiger partial charge in [-0.05, 0) is 19.4 Å². The van der Waals surface area contributed by atoms with Gasteiger partial charge in [-0.25, -0.2) is 4.79 Å². The number of fused-ring (bicyclic) bond motifs is 1. The van der Waals surface area contributed by atoms with E-state index >= 15 is 0 Å². The summed E-state index contributed by atoms with van der Waals surface area (Å²) in [7, 11) is 0. The van der Waals surface area contributed by atoms with Crippen LogP contribution in [0.2, 0.25) is 0 Å². The first-order valence-corrected chi connectivity index (χ1v) is 7.27. The number of aliphatic hydroxyl groups excluding tert-OH is 2. The van der Waals surface area contributed by atoms with E-state index in [1.165, 1.54) is 6.92 Å². The summed E-state index contributed by atoms with van der Waals surface area (Å²) in [5, 5.41) is 41.9. The molecule has 0 saturated carbocycles. The highest BCUT2D eigenvalue weighted by molar-refractivity contribution is 5.80. The zero-order valence-electron chi connectivity index (χ0n) is 12.4. The molecule has 0 aromatic rings. The second-order valence-electron chi connectivity index (χ2n) is 5.97. The van der Waals surface area contributed by atoms with E-state index in [1.54, 1.807) is 13.0 Å². The quantitative estimate of drug-likeness (QED) is 0.272. The minimum absolute atomic E-state index is 0.0240. The number of hydrogen-bond donors (Lipinski definition) is 3. The van der Waals surface area contributed by atoms with E-state index in [2.05, 4.69) is 0 Å². The summed E-state index contributed by atoms with van der Waals surface area (Å²) < 4.78 is 4.57. The second-order valence-corrected chi connectivity index (χ2v) is 5.97. The average molecular weight is 301 g/mol. The molecule has 0 amide bonds. The first kappa shape index (κ1) is 16.4. The van der Waals surface area contributed by atoms with Crippen LogP contribution in [0.5, 0.6) is 0 Å².